The normalized spacial score (nSPS) is 12.8. The van der Waals surface area contributed by atoms with Crippen molar-refractivity contribution in [2.24, 2.45) is 0 Å². The third-order valence-electron chi connectivity index (χ3n) is 2.84. The van der Waals surface area contributed by atoms with E-state index >= 15 is 0 Å². The van der Waals surface area contributed by atoms with Gasteiger partial charge in [0.15, 0.2) is 0 Å². The molecule has 0 aliphatic heterocycles. The number of hydrogen-bond donors (Lipinski definition) is 0. The Morgan fingerprint density at radius 3 is 2.73 bits per heavy atom. The van der Waals surface area contributed by atoms with Gasteiger partial charge in [-0.1, -0.05) is 54.6 Å². The van der Waals surface area contributed by atoms with E-state index < -0.39 is 0 Å². The molecule has 0 saturated heterocycles. The maximum Gasteiger partial charge on any atom is -0.00137 e. The van der Waals surface area contributed by atoms with Gasteiger partial charge in [0.2, 0.25) is 0 Å². The van der Waals surface area contributed by atoms with E-state index in [0.717, 1.165) is 6.42 Å². The molecule has 0 unspecified atom stereocenters. The Bertz CT molecular complexity index is 474. The van der Waals surface area contributed by atoms with Crippen molar-refractivity contribution in [2.75, 3.05) is 0 Å². The molecule has 1 aliphatic carbocycles. The topological polar surface area (TPSA) is 0 Å². The molecular formula is C15H11. The lowest BCUT2D eigenvalue weighted by atomic mass is 10.0. The number of rotatable bonds is 0. The van der Waals surface area contributed by atoms with Crippen LogP contribution in [-0.4, -0.2) is 0 Å². The fraction of sp³-hybridized carbons (Fsp3) is 0.0667. The van der Waals surface area contributed by atoms with Crippen molar-refractivity contribution in [3.05, 3.63) is 70.8 Å². The van der Waals surface area contributed by atoms with Crippen LogP contribution in [0, 0.1) is 6.07 Å². The second-order valence-corrected chi connectivity index (χ2v) is 3.82. The molecule has 0 aromatic heterocycles. The van der Waals surface area contributed by atoms with E-state index in [2.05, 4.69) is 54.6 Å². The van der Waals surface area contributed by atoms with Crippen LogP contribution in [0.1, 0.15) is 22.3 Å². The van der Waals surface area contributed by atoms with Crippen molar-refractivity contribution < 1.29 is 0 Å². The number of benzene rings is 2. The van der Waals surface area contributed by atoms with E-state index in [1.165, 1.54) is 22.3 Å². The Hall–Kier alpha value is -1.82. The predicted molar refractivity (Wildman–Crippen MR) is 63.5 cm³/mol. The van der Waals surface area contributed by atoms with Crippen molar-refractivity contribution in [1.82, 2.24) is 0 Å². The monoisotopic (exact) mass is 191 g/mol. The molecule has 0 N–H and O–H groups in total. The molecule has 2 aromatic carbocycles. The van der Waals surface area contributed by atoms with Crippen LogP contribution in [0.4, 0.5) is 0 Å². The molecule has 15 heavy (non-hydrogen) atoms. The van der Waals surface area contributed by atoms with E-state index in [0.29, 0.717) is 0 Å². The van der Waals surface area contributed by atoms with Crippen LogP contribution in [0.3, 0.4) is 0 Å². The Kier molecular flexibility index (Phi) is 1.92. The Labute approximate surface area is 89.9 Å². The third-order valence-corrected chi connectivity index (χ3v) is 2.84. The molecule has 0 spiro atoms. The van der Waals surface area contributed by atoms with E-state index in [4.69, 9.17) is 0 Å². The van der Waals surface area contributed by atoms with Gasteiger partial charge in [0.1, 0.15) is 0 Å². The largest absolute Gasteiger partial charge is 0.0619 e. The average molecular weight is 191 g/mol. The quantitative estimate of drug-likeness (QED) is 0.509. The molecule has 0 amide bonds. The molecule has 0 saturated carbocycles. The molecule has 0 atom stereocenters. The number of fused-ring (bicyclic) bond motifs is 2. The minimum absolute atomic E-state index is 1.01. The molecule has 0 heteroatoms. The van der Waals surface area contributed by atoms with E-state index in [1.54, 1.807) is 0 Å². The Morgan fingerprint density at radius 2 is 1.73 bits per heavy atom. The minimum atomic E-state index is 1.01. The molecule has 2 aromatic rings. The summed E-state index contributed by atoms with van der Waals surface area (Å²) in [6, 6.07) is 18.0. The van der Waals surface area contributed by atoms with Crippen molar-refractivity contribution in [3.63, 3.8) is 0 Å². The minimum Gasteiger partial charge on any atom is -0.0619 e. The first kappa shape index (κ1) is 8.49. The van der Waals surface area contributed by atoms with Crippen molar-refractivity contribution in [1.29, 1.82) is 0 Å². The van der Waals surface area contributed by atoms with Gasteiger partial charge in [-0.2, -0.15) is 0 Å². The summed E-state index contributed by atoms with van der Waals surface area (Å²) in [6.45, 7) is 0. The predicted octanol–water partition coefficient (Wildman–Crippen LogP) is 3.56. The fourth-order valence-electron chi connectivity index (χ4n) is 2.03. The molecule has 0 heterocycles. The molecule has 0 nitrogen and oxygen atoms in total. The van der Waals surface area contributed by atoms with Crippen LogP contribution in [0.5, 0.6) is 0 Å². The van der Waals surface area contributed by atoms with Gasteiger partial charge in [-0.15, -0.1) is 0 Å². The van der Waals surface area contributed by atoms with Crippen LogP contribution in [0.25, 0.3) is 12.2 Å². The van der Waals surface area contributed by atoms with Crippen LogP contribution >= 0.6 is 0 Å². The maximum atomic E-state index is 3.28. The fourth-order valence-corrected chi connectivity index (χ4v) is 2.03. The Balaban J connectivity index is 2.19. The second kappa shape index (κ2) is 3.39. The van der Waals surface area contributed by atoms with Gasteiger partial charge < -0.3 is 0 Å². The maximum absolute atomic E-state index is 3.28. The van der Waals surface area contributed by atoms with Gasteiger partial charge in [-0.05, 0) is 34.7 Å². The smallest absolute Gasteiger partial charge is 0.00137 e. The van der Waals surface area contributed by atoms with Crippen molar-refractivity contribution >= 4 is 12.2 Å². The molecule has 0 fully saturated rings. The van der Waals surface area contributed by atoms with Crippen LogP contribution < -0.4 is 0 Å². The van der Waals surface area contributed by atoms with Gasteiger partial charge in [0.05, 0.1) is 0 Å². The molecule has 1 aliphatic rings. The lowest BCUT2D eigenvalue weighted by Gasteiger charge is -2.04. The van der Waals surface area contributed by atoms with Gasteiger partial charge in [-0.3, -0.25) is 0 Å². The van der Waals surface area contributed by atoms with Crippen LogP contribution in [0.2, 0.25) is 0 Å². The average Bonchev–Trinajstić information content (AvgIpc) is 2.48. The summed E-state index contributed by atoms with van der Waals surface area (Å²) in [5.74, 6) is 0. The molecule has 0 bridgehead atoms. The zero-order valence-corrected chi connectivity index (χ0v) is 8.40. The summed E-state index contributed by atoms with van der Waals surface area (Å²) < 4.78 is 0. The molecular weight excluding hydrogens is 180 g/mol. The van der Waals surface area contributed by atoms with Crippen molar-refractivity contribution in [3.8, 4) is 0 Å². The first-order chi connectivity index (χ1) is 7.43. The highest BCUT2D eigenvalue weighted by Crippen LogP contribution is 2.23. The summed E-state index contributed by atoms with van der Waals surface area (Å²) in [7, 11) is 0. The second-order valence-electron chi connectivity index (χ2n) is 3.82. The van der Waals surface area contributed by atoms with E-state index in [1.807, 2.05) is 6.07 Å². The third kappa shape index (κ3) is 1.48. The Morgan fingerprint density at radius 1 is 0.867 bits per heavy atom. The highest BCUT2D eigenvalue weighted by molar-refractivity contribution is 5.74. The lowest BCUT2D eigenvalue weighted by Crippen LogP contribution is -1.91. The SMILES string of the molecule is [c]1cccc2c1C=Cc1ccccc1C2. The van der Waals surface area contributed by atoms with Crippen LogP contribution in [-0.2, 0) is 6.42 Å². The molecule has 1 radical (unpaired) electrons. The first-order valence-electron chi connectivity index (χ1n) is 5.19. The van der Waals surface area contributed by atoms with Gasteiger partial charge >= 0.3 is 0 Å². The van der Waals surface area contributed by atoms with Gasteiger partial charge in [0.25, 0.3) is 0 Å². The van der Waals surface area contributed by atoms with E-state index in [-0.39, 0.29) is 0 Å². The van der Waals surface area contributed by atoms with Gasteiger partial charge in [-0.25, -0.2) is 0 Å². The summed E-state index contributed by atoms with van der Waals surface area (Å²) in [4.78, 5) is 0. The standard InChI is InChI=1S/C15H11/c1-3-7-14-11-15-8-4-2-6-13(15)10-9-12(14)5-1/h1-5,7-10H,11H2. The van der Waals surface area contributed by atoms with Crippen molar-refractivity contribution in [2.45, 2.75) is 6.42 Å². The summed E-state index contributed by atoms with van der Waals surface area (Å²) in [5, 5.41) is 0. The first-order valence-corrected chi connectivity index (χ1v) is 5.19. The van der Waals surface area contributed by atoms with E-state index in [9.17, 15) is 0 Å². The molecule has 71 valence electrons. The summed E-state index contributed by atoms with van der Waals surface area (Å²) in [5.41, 5.74) is 5.29. The zero-order chi connectivity index (χ0) is 10.1. The highest BCUT2D eigenvalue weighted by atomic mass is 14.1. The van der Waals surface area contributed by atoms with Gasteiger partial charge in [0, 0.05) is 0 Å². The molecule has 3 rings (SSSR count). The summed E-state index contributed by atoms with van der Waals surface area (Å²) in [6.07, 6.45) is 5.34. The lowest BCUT2D eigenvalue weighted by molar-refractivity contribution is 1.18. The number of hydrogen-bond acceptors (Lipinski definition) is 0. The van der Waals surface area contributed by atoms with Crippen LogP contribution in [0.15, 0.2) is 42.5 Å². The highest BCUT2D eigenvalue weighted by Gasteiger charge is 2.07. The summed E-state index contributed by atoms with van der Waals surface area (Å²) >= 11 is 0. The zero-order valence-electron chi connectivity index (χ0n) is 8.40.